The van der Waals surface area contributed by atoms with Crippen LogP contribution in [0.25, 0.3) is 5.65 Å². The molecule has 3 aromatic heterocycles. The molecule has 0 saturated carbocycles. The first-order valence-electron chi connectivity index (χ1n) is 7.04. The van der Waals surface area contributed by atoms with Crippen LogP contribution in [-0.2, 0) is 13.0 Å². The first kappa shape index (κ1) is 12.1. The zero-order valence-electron chi connectivity index (χ0n) is 11.4. The first-order valence-corrected chi connectivity index (χ1v) is 7.04. The molecule has 0 aliphatic carbocycles. The second kappa shape index (κ2) is 4.73. The number of imidazole rings is 2. The lowest BCUT2D eigenvalue weighted by molar-refractivity contribution is 0.0923. The number of hydrogen-bond acceptors (Lipinski definition) is 3. The van der Waals surface area contributed by atoms with E-state index in [2.05, 4.69) is 19.9 Å². The number of aromatic nitrogens is 4. The number of fused-ring (bicyclic) bond motifs is 2. The summed E-state index contributed by atoms with van der Waals surface area (Å²) in [6.45, 7) is 0.772. The molecule has 1 aliphatic heterocycles. The Labute approximate surface area is 121 Å². The monoisotopic (exact) mass is 281 g/mol. The molecule has 0 aromatic carbocycles. The largest absolute Gasteiger partial charge is 0.346 e. The molecule has 0 bridgehead atoms. The molecule has 6 heteroatoms. The van der Waals surface area contributed by atoms with Crippen LogP contribution >= 0.6 is 0 Å². The second-order valence-electron chi connectivity index (χ2n) is 5.30. The average molecular weight is 281 g/mol. The molecule has 1 N–H and O–H groups in total. The van der Waals surface area contributed by atoms with Gasteiger partial charge in [0.2, 0.25) is 0 Å². The molecule has 6 nitrogen and oxygen atoms in total. The van der Waals surface area contributed by atoms with Crippen LogP contribution in [0, 0.1) is 0 Å². The molecule has 3 aromatic rings. The number of hydrogen-bond donors (Lipinski definition) is 1. The fourth-order valence-corrected chi connectivity index (χ4v) is 2.79. The van der Waals surface area contributed by atoms with E-state index in [9.17, 15) is 4.79 Å². The number of nitrogens with zero attached hydrogens (tertiary/aromatic N) is 4. The van der Waals surface area contributed by atoms with Crippen molar-refractivity contribution in [2.24, 2.45) is 0 Å². The lowest BCUT2D eigenvalue weighted by atomic mass is 10.1. The number of amides is 1. The highest BCUT2D eigenvalue weighted by Gasteiger charge is 2.21. The lowest BCUT2D eigenvalue weighted by Crippen LogP contribution is -2.41. The second-order valence-corrected chi connectivity index (χ2v) is 5.30. The Hall–Kier alpha value is -2.63. The number of carbonyl (C=O) groups is 1. The molecule has 0 spiro atoms. The number of aryl methyl sites for hydroxylation is 1. The summed E-state index contributed by atoms with van der Waals surface area (Å²) in [5, 5.41) is 3.06. The topological polar surface area (TPSA) is 64.2 Å². The first-order chi connectivity index (χ1) is 10.3. The van der Waals surface area contributed by atoms with Crippen LogP contribution in [0.2, 0.25) is 0 Å². The Kier molecular flexibility index (Phi) is 2.73. The summed E-state index contributed by atoms with van der Waals surface area (Å²) in [4.78, 5) is 21.0. The van der Waals surface area contributed by atoms with Gasteiger partial charge in [-0.05, 0) is 18.6 Å². The van der Waals surface area contributed by atoms with Crippen molar-refractivity contribution >= 4 is 11.6 Å². The maximum Gasteiger partial charge on any atom is 0.271 e. The van der Waals surface area contributed by atoms with E-state index in [1.54, 1.807) is 6.20 Å². The summed E-state index contributed by atoms with van der Waals surface area (Å²) in [7, 11) is 0. The van der Waals surface area contributed by atoms with E-state index >= 15 is 0 Å². The van der Waals surface area contributed by atoms with Gasteiger partial charge in [-0.25, -0.2) is 9.97 Å². The van der Waals surface area contributed by atoms with Crippen molar-refractivity contribution in [3.8, 4) is 0 Å². The van der Waals surface area contributed by atoms with Crippen molar-refractivity contribution in [3.63, 3.8) is 0 Å². The molecule has 1 unspecified atom stereocenters. The van der Waals surface area contributed by atoms with Crippen LogP contribution < -0.4 is 5.32 Å². The van der Waals surface area contributed by atoms with Crippen LogP contribution in [0.3, 0.4) is 0 Å². The van der Waals surface area contributed by atoms with Crippen LogP contribution in [0.1, 0.15) is 22.7 Å². The Morgan fingerprint density at radius 3 is 3.19 bits per heavy atom. The number of pyridine rings is 1. The van der Waals surface area contributed by atoms with Gasteiger partial charge < -0.3 is 14.3 Å². The van der Waals surface area contributed by atoms with Crippen molar-refractivity contribution in [2.45, 2.75) is 25.4 Å². The van der Waals surface area contributed by atoms with Gasteiger partial charge in [-0.15, -0.1) is 0 Å². The number of rotatable bonds is 2. The zero-order chi connectivity index (χ0) is 14.2. The van der Waals surface area contributed by atoms with Gasteiger partial charge in [0, 0.05) is 43.8 Å². The smallest absolute Gasteiger partial charge is 0.271 e. The van der Waals surface area contributed by atoms with Crippen molar-refractivity contribution in [2.75, 3.05) is 0 Å². The van der Waals surface area contributed by atoms with Gasteiger partial charge in [-0.1, -0.05) is 6.07 Å². The minimum atomic E-state index is -0.118. The van der Waals surface area contributed by atoms with Gasteiger partial charge in [0.25, 0.3) is 5.91 Å². The lowest BCUT2D eigenvalue weighted by Gasteiger charge is -2.24. The Morgan fingerprint density at radius 1 is 1.33 bits per heavy atom. The highest BCUT2D eigenvalue weighted by atomic mass is 16.2. The summed E-state index contributed by atoms with van der Waals surface area (Å²) in [6.07, 6.45) is 9.22. The van der Waals surface area contributed by atoms with E-state index in [0.29, 0.717) is 5.69 Å². The van der Waals surface area contributed by atoms with Crippen molar-refractivity contribution in [3.05, 3.63) is 54.5 Å². The molecule has 1 atom stereocenters. The van der Waals surface area contributed by atoms with Gasteiger partial charge in [0.05, 0.1) is 0 Å². The molecular weight excluding hydrogens is 266 g/mol. The van der Waals surface area contributed by atoms with Crippen LogP contribution in [0.5, 0.6) is 0 Å². The van der Waals surface area contributed by atoms with Crippen LogP contribution in [0.4, 0.5) is 0 Å². The third kappa shape index (κ3) is 2.18. The summed E-state index contributed by atoms with van der Waals surface area (Å²) in [6, 6.07) is 5.84. The summed E-state index contributed by atoms with van der Waals surface area (Å²) in [5.41, 5.74) is 1.24. The molecule has 4 rings (SSSR count). The molecule has 0 fully saturated rings. The van der Waals surface area contributed by atoms with Gasteiger partial charge in [-0.3, -0.25) is 4.79 Å². The highest BCUT2D eigenvalue weighted by Crippen LogP contribution is 2.13. The molecule has 0 radical (unpaired) electrons. The van der Waals surface area contributed by atoms with Gasteiger partial charge in [-0.2, -0.15) is 0 Å². The van der Waals surface area contributed by atoms with E-state index in [-0.39, 0.29) is 11.9 Å². The molecule has 4 heterocycles. The standard InChI is InChI=1S/C15H15N5O/c21-15(12-10-19-7-2-1-3-14(19)18-12)17-11-4-5-13-16-6-8-20(13)9-11/h1-3,6-8,10-11H,4-5,9H2,(H,17,21). The van der Waals surface area contributed by atoms with Crippen molar-refractivity contribution in [1.29, 1.82) is 0 Å². The molecular formula is C15H15N5O. The molecule has 106 valence electrons. The summed E-state index contributed by atoms with van der Waals surface area (Å²) in [5.74, 6) is 0.973. The van der Waals surface area contributed by atoms with E-state index in [1.807, 2.05) is 41.2 Å². The zero-order valence-corrected chi connectivity index (χ0v) is 11.4. The minimum absolute atomic E-state index is 0.118. The Morgan fingerprint density at radius 2 is 2.29 bits per heavy atom. The van der Waals surface area contributed by atoms with Crippen molar-refractivity contribution < 1.29 is 4.79 Å². The highest BCUT2D eigenvalue weighted by molar-refractivity contribution is 5.93. The molecule has 21 heavy (non-hydrogen) atoms. The van der Waals surface area contributed by atoms with Crippen LogP contribution in [-0.4, -0.2) is 30.9 Å². The summed E-state index contributed by atoms with van der Waals surface area (Å²) < 4.78 is 3.95. The van der Waals surface area contributed by atoms with E-state index < -0.39 is 0 Å². The Balaban J connectivity index is 1.51. The van der Waals surface area contributed by atoms with E-state index in [0.717, 1.165) is 30.9 Å². The SMILES string of the molecule is O=C(NC1CCc2nccn2C1)c1cn2ccccc2n1. The predicted molar refractivity (Wildman–Crippen MR) is 77.0 cm³/mol. The Bertz CT molecular complexity index is 770. The quantitative estimate of drug-likeness (QED) is 0.769. The fourth-order valence-electron chi connectivity index (χ4n) is 2.79. The van der Waals surface area contributed by atoms with Crippen molar-refractivity contribution in [1.82, 2.24) is 24.3 Å². The fraction of sp³-hybridized carbons (Fsp3) is 0.267. The van der Waals surface area contributed by atoms with Gasteiger partial charge in [0.1, 0.15) is 17.2 Å². The maximum atomic E-state index is 12.3. The third-order valence-electron chi connectivity index (χ3n) is 3.87. The van der Waals surface area contributed by atoms with E-state index in [1.165, 1.54) is 0 Å². The van der Waals surface area contributed by atoms with E-state index in [4.69, 9.17) is 0 Å². The normalized spacial score (nSPS) is 17.6. The average Bonchev–Trinajstić information content (AvgIpc) is 3.13. The van der Waals surface area contributed by atoms with Crippen LogP contribution in [0.15, 0.2) is 43.0 Å². The minimum Gasteiger partial charge on any atom is -0.346 e. The number of carbonyl (C=O) groups excluding carboxylic acids is 1. The molecule has 1 aliphatic rings. The maximum absolute atomic E-state index is 12.3. The van der Waals surface area contributed by atoms with Gasteiger partial charge >= 0.3 is 0 Å². The summed E-state index contributed by atoms with van der Waals surface area (Å²) >= 11 is 0. The molecule has 1 amide bonds. The van der Waals surface area contributed by atoms with Gasteiger partial charge in [0.15, 0.2) is 0 Å². The molecule has 0 saturated heterocycles. The predicted octanol–water partition coefficient (Wildman–Crippen LogP) is 1.28. The third-order valence-corrected chi connectivity index (χ3v) is 3.87. The number of nitrogens with one attached hydrogen (secondary N) is 1.